The standard InChI is InChI=1S/C13H12ClN3S/c14-9-3-1-8(2-4-9)12-5-13(6-12,7-12)10-16-17-11(15)18-10/h1-4H,5-7H2,(H2,15,17). The zero-order valence-corrected chi connectivity index (χ0v) is 11.3. The van der Waals surface area contributed by atoms with Gasteiger partial charge in [-0.3, -0.25) is 0 Å². The Bertz CT molecular complexity index is 600. The molecular weight excluding hydrogens is 266 g/mol. The minimum absolute atomic E-state index is 0.273. The number of hydrogen-bond acceptors (Lipinski definition) is 4. The smallest absolute Gasteiger partial charge is 0.203 e. The molecule has 0 atom stereocenters. The third-order valence-corrected chi connectivity index (χ3v) is 5.63. The SMILES string of the molecule is Nc1nnc(C23CC(c4ccc(Cl)cc4)(C2)C3)s1. The number of aromatic nitrogens is 2. The number of anilines is 1. The largest absolute Gasteiger partial charge is 0.374 e. The first-order valence-electron chi connectivity index (χ1n) is 5.98. The number of nitrogen functional groups attached to an aromatic ring is 1. The fourth-order valence-electron chi connectivity index (χ4n) is 3.57. The van der Waals surface area contributed by atoms with E-state index >= 15 is 0 Å². The van der Waals surface area contributed by atoms with Gasteiger partial charge in [-0.05, 0) is 42.4 Å². The van der Waals surface area contributed by atoms with Crippen LogP contribution in [0.4, 0.5) is 5.13 Å². The van der Waals surface area contributed by atoms with E-state index in [0.717, 1.165) is 10.0 Å². The predicted molar refractivity (Wildman–Crippen MR) is 73.0 cm³/mol. The Balaban J connectivity index is 1.59. The average Bonchev–Trinajstić information content (AvgIpc) is 2.64. The molecule has 1 heterocycles. The van der Waals surface area contributed by atoms with Crippen LogP contribution in [0, 0.1) is 0 Å². The van der Waals surface area contributed by atoms with Crippen LogP contribution in [0.5, 0.6) is 0 Å². The lowest BCUT2D eigenvalue weighted by Gasteiger charge is -2.70. The maximum Gasteiger partial charge on any atom is 0.203 e. The molecule has 3 fully saturated rings. The number of hydrogen-bond donors (Lipinski definition) is 1. The summed E-state index contributed by atoms with van der Waals surface area (Å²) in [5.41, 5.74) is 7.71. The van der Waals surface area contributed by atoms with Gasteiger partial charge in [-0.25, -0.2) is 0 Å². The molecule has 0 amide bonds. The van der Waals surface area contributed by atoms with Gasteiger partial charge in [0.15, 0.2) is 0 Å². The van der Waals surface area contributed by atoms with Crippen LogP contribution in [0.3, 0.4) is 0 Å². The van der Waals surface area contributed by atoms with Gasteiger partial charge in [0.1, 0.15) is 5.01 Å². The van der Waals surface area contributed by atoms with Gasteiger partial charge in [0.05, 0.1) is 0 Å². The lowest BCUT2D eigenvalue weighted by molar-refractivity contribution is -0.0697. The quantitative estimate of drug-likeness (QED) is 0.917. The molecule has 1 aromatic heterocycles. The van der Waals surface area contributed by atoms with Crippen LogP contribution < -0.4 is 5.73 Å². The van der Waals surface area contributed by atoms with Gasteiger partial charge in [0, 0.05) is 10.4 Å². The maximum atomic E-state index is 5.93. The molecule has 0 aliphatic heterocycles. The van der Waals surface area contributed by atoms with E-state index in [1.807, 2.05) is 12.1 Å². The number of rotatable bonds is 2. The molecule has 2 bridgehead atoms. The molecule has 3 aliphatic rings. The fraction of sp³-hybridized carbons (Fsp3) is 0.385. The van der Waals surface area contributed by atoms with Gasteiger partial charge < -0.3 is 5.73 Å². The Morgan fingerprint density at radius 3 is 2.28 bits per heavy atom. The molecule has 5 rings (SSSR count). The molecule has 0 radical (unpaired) electrons. The monoisotopic (exact) mass is 277 g/mol. The van der Waals surface area contributed by atoms with E-state index in [1.54, 1.807) is 0 Å². The molecule has 2 N–H and O–H groups in total. The van der Waals surface area contributed by atoms with Crippen LogP contribution in [-0.2, 0) is 10.8 Å². The number of halogens is 1. The Hall–Kier alpha value is -1.13. The Morgan fingerprint density at radius 2 is 1.72 bits per heavy atom. The molecule has 92 valence electrons. The van der Waals surface area contributed by atoms with Gasteiger partial charge in [0.25, 0.3) is 0 Å². The van der Waals surface area contributed by atoms with Crippen molar-refractivity contribution in [3.8, 4) is 0 Å². The highest BCUT2D eigenvalue weighted by Crippen LogP contribution is 2.74. The molecule has 5 heteroatoms. The summed E-state index contributed by atoms with van der Waals surface area (Å²) in [7, 11) is 0. The van der Waals surface area contributed by atoms with Crippen molar-refractivity contribution >= 4 is 28.1 Å². The summed E-state index contributed by atoms with van der Waals surface area (Å²) in [6, 6.07) is 8.26. The summed E-state index contributed by atoms with van der Waals surface area (Å²) < 4.78 is 0. The van der Waals surface area contributed by atoms with Crippen LogP contribution in [0.2, 0.25) is 5.02 Å². The van der Waals surface area contributed by atoms with E-state index in [0.29, 0.717) is 10.5 Å². The summed E-state index contributed by atoms with van der Waals surface area (Å²) in [4.78, 5) is 0. The summed E-state index contributed by atoms with van der Waals surface area (Å²) in [6.07, 6.45) is 3.53. The van der Waals surface area contributed by atoms with Crippen molar-refractivity contribution in [3.63, 3.8) is 0 Å². The molecule has 18 heavy (non-hydrogen) atoms. The molecule has 3 aliphatic carbocycles. The highest BCUT2D eigenvalue weighted by molar-refractivity contribution is 7.15. The van der Waals surface area contributed by atoms with Gasteiger partial charge in [-0.1, -0.05) is 35.1 Å². The number of nitrogens with zero attached hydrogens (tertiary/aromatic N) is 2. The first kappa shape index (κ1) is 10.8. The molecule has 0 unspecified atom stereocenters. The van der Waals surface area contributed by atoms with E-state index in [9.17, 15) is 0 Å². The van der Waals surface area contributed by atoms with Gasteiger partial charge in [-0.15, -0.1) is 10.2 Å². The van der Waals surface area contributed by atoms with E-state index in [2.05, 4.69) is 22.3 Å². The zero-order valence-electron chi connectivity index (χ0n) is 9.69. The molecule has 2 aromatic rings. The highest BCUT2D eigenvalue weighted by Gasteiger charge is 2.70. The number of benzene rings is 1. The molecule has 0 saturated heterocycles. The summed E-state index contributed by atoms with van der Waals surface area (Å²) in [5, 5.41) is 10.6. The van der Waals surface area contributed by atoms with E-state index in [4.69, 9.17) is 17.3 Å². The minimum atomic E-state index is 0.273. The van der Waals surface area contributed by atoms with Gasteiger partial charge in [-0.2, -0.15) is 0 Å². The van der Waals surface area contributed by atoms with Crippen LogP contribution in [0.1, 0.15) is 29.8 Å². The molecular formula is C13H12ClN3S. The van der Waals surface area contributed by atoms with Crippen molar-refractivity contribution < 1.29 is 0 Å². The van der Waals surface area contributed by atoms with Gasteiger partial charge in [0.2, 0.25) is 5.13 Å². The van der Waals surface area contributed by atoms with Crippen molar-refractivity contribution in [1.29, 1.82) is 0 Å². The van der Waals surface area contributed by atoms with Crippen LogP contribution in [0.25, 0.3) is 0 Å². The Kier molecular flexibility index (Phi) is 1.94. The fourth-order valence-corrected chi connectivity index (χ4v) is 4.49. The lowest BCUT2D eigenvalue weighted by atomic mass is 9.34. The van der Waals surface area contributed by atoms with Crippen molar-refractivity contribution in [2.24, 2.45) is 0 Å². The lowest BCUT2D eigenvalue weighted by Crippen LogP contribution is -2.67. The molecule has 3 saturated carbocycles. The second kappa shape index (κ2) is 3.25. The van der Waals surface area contributed by atoms with Crippen LogP contribution in [0.15, 0.2) is 24.3 Å². The summed E-state index contributed by atoms with van der Waals surface area (Å²) in [5.74, 6) is 0. The van der Waals surface area contributed by atoms with Crippen molar-refractivity contribution in [3.05, 3.63) is 39.9 Å². The van der Waals surface area contributed by atoms with E-state index < -0.39 is 0 Å². The second-order valence-corrected chi connectivity index (χ2v) is 6.99. The topological polar surface area (TPSA) is 51.8 Å². The van der Waals surface area contributed by atoms with Gasteiger partial charge >= 0.3 is 0 Å². The summed E-state index contributed by atoms with van der Waals surface area (Å²) >= 11 is 7.47. The second-order valence-electron chi connectivity index (χ2n) is 5.54. The summed E-state index contributed by atoms with van der Waals surface area (Å²) in [6.45, 7) is 0. The Labute approximate surface area is 114 Å². The van der Waals surface area contributed by atoms with Crippen molar-refractivity contribution in [1.82, 2.24) is 10.2 Å². The van der Waals surface area contributed by atoms with E-state index in [1.165, 1.54) is 36.2 Å². The maximum absolute atomic E-state index is 5.93. The first-order chi connectivity index (χ1) is 8.62. The van der Waals surface area contributed by atoms with E-state index in [-0.39, 0.29) is 5.41 Å². The minimum Gasteiger partial charge on any atom is -0.374 e. The van der Waals surface area contributed by atoms with Crippen molar-refractivity contribution in [2.45, 2.75) is 30.1 Å². The third-order valence-electron chi connectivity index (χ3n) is 4.38. The first-order valence-corrected chi connectivity index (χ1v) is 7.17. The normalized spacial score (nSPS) is 32.7. The Morgan fingerprint density at radius 1 is 1.06 bits per heavy atom. The average molecular weight is 278 g/mol. The molecule has 1 aromatic carbocycles. The van der Waals surface area contributed by atoms with Crippen LogP contribution in [-0.4, -0.2) is 10.2 Å². The third kappa shape index (κ3) is 1.25. The molecule has 3 nitrogen and oxygen atoms in total. The number of nitrogens with two attached hydrogens (primary N) is 1. The molecule has 0 spiro atoms. The highest BCUT2D eigenvalue weighted by atomic mass is 35.5. The zero-order chi connectivity index (χ0) is 12.4. The van der Waals surface area contributed by atoms with Crippen LogP contribution >= 0.6 is 22.9 Å². The predicted octanol–water partition coefficient (Wildman–Crippen LogP) is 3.15. The van der Waals surface area contributed by atoms with Crippen molar-refractivity contribution in [2.75, 3.05) is 5.73 Å².